The Morgan fingerprint density at radius 3 is 2.18 bits per heavy atom. The third-order valence-corrected chi connectivity index (χ3v) is 5.56. The first-order chi connectivity index (χ1) is 16.5. The summed E-state index contributed by atoms with van der Waals surface area (Å²) in [6.45, 7) is 2.37. The van der Waals surface area contributed by atoms with Gasteiger partial charge in [-0.05, 0) is 54.4 Å². The number of methoxy groups -OCH3 is 1. The van der Waals surface area contributed by atoms with Crippen LogP contribution in [0, 0.1) is 0 Å². The second kappa shape index (κ2) is 12.7. The van der Waals surface area contributed by atoms with Crippen molar-refractivity contribution >= 4 is 23.4 Å². The highest BCUT2D eigenvalue weighted by atomic mass is 35.5. The lowest BCUT2D eigenvalue weighted by molar-refractivity contribution is -0.142. The van der Waals surface area contributed by atoms with Crippen molar-refractivity contribution in [1.82, 2.24) is 10.2 Å². The molecule has 3 aromatic rings. The van der Waals surface area contributed by atoms with Crippen LogP contribution in [0.1, 0.15) is 18.1 Å². The number of hydrogen-bond acceptors (Lipinski definition) is 4. The lowest BCUT2D eigenvalue weighted by Gasteiger charge is -2.31. The molecule has 0 radical (unpaired) electrons. The first kappa shape index (κ1) is 25.1. The van der Waals surface area contributed by atoms with Crippen LogP contribution in [0.3, 0.4) is 0 Å². The largest absolute Gasteiger partial charge is 0.497 e. The van der Waals surface area contributed by atoms with E-state index in [2.05, 4.69) is 5.32 Å². The van der Waals surface area contributed by atoms with E-state index in [1.54, 1.807) is 48.4 Å². The molecule has 3 rings (SSSR count). The summed E-state index contributed by atoms with van der Waals surface area (Å²) in [5.41, 5.74) is 1.83. The number of ether oxygens (including phenoxy) is 2. The number of likely N-dealkylation sites (N-methyl/N-ethyl adjacent to an activating group) is 1. The summed E-state index contributed by atoms with van der Waals surface area (Å²) in [5, 5.41) is 3.48. The zero-order valence-electron chi connectivity index (χ0n) is 19.4. The van der Waals surface area contributed by atoms with E-state index in [1.807, 2.05) is 49.4 Å². The van der Waals surface area contributed by atoms with Gasteiger partial charge in [0.05, 0.1) is 7.11 Å². The van der Waals surface area contributed by atoms with Gasteiger partial charge < -0.3 is 19.7 Å². The van der Waals surface area contributed by atoms with Crippen molar-refractivity contribution in [3.63, 3.8) is 0 Å². The highest BCUT2D eigenvalue weighted by Crippen LogP contribution is 2.19. The van der Waals surface area contributed by atoms with Crippen molar-refractivity contribution in [2.45, 2.75) is 25.9 Å². The highest BCUT2D eigenvalue weighted by Gasteiger charge is 2.30. The van der Waals surface area contributed by atoms with E-state index >= 15 is 0 Å². The first-order valence-electron chi connectivity index (χ1n) is 11.1. The molecule has 0 spiro atoms. The molecule has 1 atom stereocenters. The Balaban J connectivity index is 1.85. The third-order valence-electron chi connectivity index (χ3n) is 5.31. The molecule has 0 aromatic heterocycles. The van der Waals surface area contributed by atoms with Gasteiger partial charge in [-0.15, -0.1) is 0 Å². The van der Waals surface area contributed by atoms with Crippen LogP contribution in [0.25, 0.3) is 0 Å². The molecule has 1 N–H and O–H groups in total. The van der Waals surface area contributed by atoms with E-state index in [0.717, 1.165) is 11.1 Å². The Hall–Kier alpha value is -3.51. The monoisotopic (exact) mass is 480 g/mol. The van der Waals surface area contributed by atoms with Crippen LogP contribution in [0.2, 0.25) is 5.02 Å². The molecule has 0 unspecified atom stereocenters. The van der Waals surface area contributed by atoms with E-state index in [9.17, 15) is 9.59 Å². The van der Waals surface area contributed by atoms with Gasteiger partial charge >= 0.3 is 0 Å². The van der Waals surface area contributed by atoms with E-state index in [0.29, 0.717) is 29.5 Å². The number of nitrogens with one attached hydrogen (secondary N) is 1. The minimum absolute atomic E-state index is 0.204. The molecule has 178 valence electrons. The standard InChI is InChI=1S/C27H29ClN2O4/c1-3-29-27(32)25(17-20-7-5-4-6-8-20)30(18-21-9-11-22(28)12-10-21)26(31)19-34-24-15-13-23(33-2)14-16-24/h4-16,25H,3,17-19H2,1-2H3,(H,29,32)/t25-/m0/s1. The average molecular weight is 481 g/mol. The van der Waals surface area contributed by atoms with E-state index < -0.39 is 6.04 Å². The van der Waals surface area contributed by atoms with Crippen LogP contribution in [-0.2, 0) is 22.6 Å². The highest BCUT2D eigenvalue weighted by molar-refractivity contribution is 6.30. The van der Waals surface area contributed by atoms with Crippen LogP contribution < -0.4 is 14.8 Å². The van der Waals surface area contributed by atoms with Gasteiger partial charge in [-0.2, -0.15) is 0 Å². The fourth-order valence-corrected chi connectivity index (χ4v) is 3.66. The number of halogens is 1. The fraction of sp³-hybridized carbons (Fsp3) is 0.259. The average Bonchev–Trinajstić information content (AvgIpc) is 2.87. The van der Waals surface area contributed by atoms with E-state index in [4.69, 9.17) is 21.1 Å². The summed E-state index contributed by atoms with van der Waals surface area (Å²) in [6, 6.07) is 23.2. The van der Waals surface area contributed by atoms with Crippen molar-refractivity contribution < 1.29 is 19.1 Å². The normalized spacial score (nSPS) is 11.4. The van der Waals surface area contributed by atoms with Crippen molar-refractivity contribution in [3.8, 4) is 11.5 Å². The maximum absolute atomic E-state index is 13.4. The Kier molecular flexibility index (Phi) is 9.35. The smallest absolute Gasteiger partial charge is 0.261 e. The quantitative estimate of drug-likeness (QED) is 0.438. The van der Waals surface area contributed by atoms with Gasteiger partial charge in [0.25, 0.3) is 5.91 Å². The lowest BCUT2D eigenvalue weighted by Crippen LogP contribution is -2.51. The zero-order chi connectivity index (χ0) is 24.3. The third kappa shape index (κ3) is 7.25. The van der Waals surface area contributed by atoms with Gasteiger partial charge in [-0.3, -0.25) is 9.59 Å². The molecule has 0 aliphatic carbocycles. The first-order valence-corrected chi connectivity index (χ1v) is 11.5. The second-order valence-corrected chi connectivity index (χ2v) is 8.15. The minimum Gasteiger partial charge on any atom is -0.497 e. The summed E-state index contributed by atoms with van der Waals surface area (Å²) in [6.07, 6.45) is 0.383. The minimum atomic E-state index is -0.704. The molecule has 0 aliphatic rings. The molecule has 7 heteroatoms. The van der Waals surface area contributed by atoms with Gasteiger partial charge in [0.2, 0.25) is 5.91 Å². The predicted octanol–water partition coefficient (Wildman–Crippen LogP) is 4.50. The molecule has 0 aliphatic heterocycles. The second-order valence-electron chi connectivity index (χ2n) is 7.71. The molecular weight excluding hydrogens is 452 g/mol. The van der Waals surface area contributed by atoms with E-state index in [-0.39, 0.29) is 25.0 Å². The number of amides is 2. The number of hydrogen-bond donors (Lipinski definition) is 1. The number of nitrogens with zero attached hydrogens (tertiary/aromatic N) is 1. The number of rotatable bonds is 11. The molecule has 0 saturated heterocycles. The maximum atomic E-state index is 13.4. The SMILES string of the molecule is CCNC(=O)[C@H](Cc1ccccc1)N(Cc1ccc(Cl)cc1)C(=O)COc1ccc(OC)cc1. The van der Waals surface area contributed by atoms with Crippen molar-refractivity contribution in [2.24, 2.45) is 0 Å². The van der Waals surface area contributed by atoms with Gasteiger partial charge in [-0.25, -0.2) is 0 Å². The Morgan fingerprint density at radius 1 is 0.912 bits per heavy atom. The number of carbonyl (C=O) groups excluding carboxylic acids is 2. The molecule has 0 saturated carbocycles. The van der Waals surface area contributed by atoms with Crippen LogP contribution in [0.5, 0.6) is 11.5 Å². The van der Waals surface area contributed by atoms with Crippen LogP contribution in [0.4, 0.5) is 0 Å². The Morgan fingerprint density at radius 2 is 1.56 bits per heavy atom. The molecule has 0 heterocycles. The topological polar surface area (TPSA) is 67.9 Å². The molecule has 0 bridgehead atoms. The Labute approximate surface area is 205 Å². The number of carbonyl (C=O) groups is 2. The molecule has 3 aromatic carbocycles. The molecule has 6 nitrogen and oxygen atoms in total. The molecular formula is C27H29ClN2O4. The Bertz CT molecular complexity index is 1060. The summed E-state index contributed by atoms with van der Waals surface area (Å²) in [5.74, 6) is 0.733. The fourth-order valence-electron chi connectivity index (χ4n) is 3.53. The maximum Gasteiger partial charge on any atom is 0.261 e. The molecule has 0 fully saturated rings. The number of benzene rings is 3. The molecule has 2 amide bonds. The van der Waals surface area contributed by atoms with Gasteiger partial charge in [0.15, 0.2) is 6.61 Å². The summed E-state index contributed by atoms with van der Waals surface area (Å²) in [4.78, 5) is 28.1. The predicted molar refractivity (Wildman–Crippen MR) is 133 cm³/mol. The van der Waals surface area contributed by atoms with Crippen molar-refractivity contribution in [1.29, 1.82) is 0 Å². The van der Waals surface area contributed by atoms with Gasteiger partial charge in [0.1, 0.15) is 17.5 Å². The van der Waals surface area contributed by atoms with Crippen LogP contribution in [-0.4, -0.2) is 43.0 Å². The lowest BCUT2D eigenvalue weighted by atomic mass is 10.0. The summed E-state index contributed by atoms with van der Waals surface area (Å²) >= 11 is 6.04. The summed E-state index contributed by atoms with van der Waals surface area (Å²) in [7, 11) is 1.59. The van der Waals surface area contributed by atoms with Gasteiger partial charge in [0, 0.05) is 24.5 Å². The van der Waals surface area contributed by atoms with Crippen molar-refractivity contribution in [3.05, 3.63) is 95.0 Å². The van der Waals surface area contributed by atoms with E-state index in [1.165, 1.54) is 0 Å². The van der Waals surface area contributed by atoms with Gasteiger partial charge in [-0.1, -0.05) is 54.1 Å². The van der Waals surface area contributed by atoms with Crippen LogP contribution in [0.15, 0.2) is 78.9 Å². The zero-order valence-corrected chi connectivity index (χ0v) is 20.1. The van der Waals surface area contributed by atoms with Crippen LogP contribution >= 0.6 is 11.6 Å². The summed E-state index contributed by atoms with van der Waals surface area (Å²) < 4.78 is 10.9. The molecule has 34 heavy (non-hydrogen) atoms. The van der Waals surface area contributed by atoms with Crippen molar-refractivity contribution in [2.75, 3.05) is 20.3 Å².